The van der Waals surface area contributed by atoms with Crippen LogP contribution in [0.25, 0.3) is 0 Å². The van der Waals surface area contributed by atoms with Gasteiger partial charge in [-0.25, -0.2) is 0 Å². The lowest BCUT2D eigenvalue weighted by molar-refractivity contribution is -0.122. The van der Waals surface area contributed by atoms with Crippen LogP contribution in [0.2, 0.25) is 0 Å². The highest BCUT2D eigenvalue weighted by Crippen LogP contribution is 2.28. The minimum Gasteiger partial charge on any atom is -0.397 e. The summed E-state index contributed by atoms with van der Waals surface area (Å²) in [6.07, 6.45) is 1.87. The topological polar surface area (TPSA) is 72.3 Å². The number of hydrogen-bond donors (Lipinski definition) is 2. The highest BCUT2D eigenvalue weighted by Gasteiger charge is 2.24. The highest BCUT2D eigenvalue weighted by molar-refractivity contribution is 5.78. The molecule has 1 aromatic rings. The predicted octanol–water partition coefficient (Wildman–Crippen LogP) is 1.28. The largest absolute Gasteiger partial charge is 0.397 e. The number of amides is 1. The molecule has 0 saturated carbocycles. The van der Waals surface area contributed by atoms with Crippen LogP contribution in [0.1, 0.15) is 18.4 Å². The number of nitrogens with two attached hydrogens (primary N) is 2. The molecule has 92 valence electrons. The van der Waals surface area contributed by atoms with Crippen molar-refractivity contribution < 1.29 is 4.79 Å². The number of nitrogens with zero attached hydrogens (tertiary/aromatic N) is 1. The van der Waals surface area contributed by atoms with Crippen molar-refractivity contribution in [3.8, 4) is 0 Å². The van der Waals surface area contributed by atoms with Crippen LogP contribution < -0.4 is 16.4 Å². The lowest BCUT2D eigenvalue weighted by atomic mass is 9.96. The average Bonchev–Trinajstić information content (AvgIpc) is 2.32. The summed E-state index contributed by atoms with van der Waals surface area (Å²) in [6.45, 7) is 3.67. The second-order valence-corrected chi connectivity index (χ2v) is 4.75. The van der Waals surface area contributed by atoms with E-state index in [0.29, 0.717) is 6.54 Å². The van der Waals surface area contributed by atoms with E-state index in [-0.39, 0.29) is 11.8 Å². The van der Waals surface area contributed by atoms with Gasteiger partial charge < -0.3 is 16.4 Å². The third-order valence-corrected chi connectivity index (χ3v) is 3.35. The van der Waals surface area contributed by atoms with E-state index in [1.807, 2.05) is 19.1 Å². The van der Waals surface area contributed by atoms with Gasteiger partial charge in [0.25, 0.3) is 0 Å². The molecule has 1 aromatic carbocycles. The summed E-state index contributed by atoms with van der Waals surface area (Å²) >= 11 is 0. The fraction of sp³-hybridized carbons (Fsp3) is 0.462. The number of benzene rings is 1. The van der Waals surface area contributed by atoms with E-state index >= 15 is 0 Å². The first kappa shape index (κ1) is 11.8. The van der Waals surface area contributed by atoms with E-state index in [0.717, 1.165) is 30.8 Å². The molecular formula is C13H19N3O. The first-order chi connectivity index (χ1) is 8.08. The van der Waals surface area contributed by atoms with E-state index in [4.69, 9.17) is 11.5 Å². The molecule has 17 heavy (non-hydrogen) atoms. The van der Waals surface area contributed by atoms with Crippen LogP contribution in [0.4, 0.5) is 11.4 Å². The molecule has 1 saturated heterocycles. The number of nitrogen functional groups attached to an aromatic ring is 1. The maximum absolute atomic E-state index is 11.2. The molecule has 1 unspecified atom stereocenters. The number of aryl methyl sites for hydroxylation is 1. The monoisotopic (exact) mass is 233 g/mol. The molecule has 4 nitrogen and oxygen atoms in total. The van der Waals surface area contributed by atoms with Crippen LogP contribution in [-0.4, -0.2) is 19.0 Å². The minimum absolute atomic E-state index is 0.0522. The molecule has 4 N–H and O–H groups in total. The maximum atomic E-state index is 11.2. The lowest BCUT2D eigenvalue weighted by Crippen LogP contribution is -2.41. The Morgan fingerprint density at radius 1 is 1.47 bits per heavy atom. The number of primary amides is 1. The maximum Gasteiger partial charge on any atom is 0.222 e. The molecule has 2 rings (SSSR count). The summed E-state index contributed by atoms with van der Waals surface area (Å²) < 4.78 is 0. The smallest absolute Gasteiger partial charge is 0.222 e. The molecule has 0 aromatic heterocycles. The van der Waals surface area contributed by atoms with Crippen molar-refractivity contribution in [2.45, 2.75) is 19.8 Å². The summed E-state index contributed by atoms with van der Waals surface area (Å²) in [6, 6.07) is 5.98. The SMILES string of the molecule is Cc1ccc(N)c(N2CCCC(C(N)=O)C2)c1. The van der Waals surface area contributed by atoms with E-state index in [1.165, 1.54) is 5.56 Å². The van der Waals surface area contributed by atoms with Gasteiger partial charge in [-0.1, -0.05) is 6.07 Å². The van der Waals surface area contributed by atoms with Gasteiger partial charge in [-0.3, -0.25) is 4.79 Å². The fourth-order valence-corrected chi connectivity index (χ4v) is 2.36. The van der Waals surface area contributed by atoms with Gasteiger partial charge in [0.2, 0.25) is 5.91 Å². The number of anilines is 2. The summed E-state index contributed by atoms with van der Waals surface area (Å²) in [5, 5.41) is 0. The van der Waals surface area contributed by atoms with Crippen molar-refractivity contribution >= 4 is 17.3 Å². The zero-order chi connectivity index (χ0) is 12.4. The Morgan fingerprint density at radius 2 is 2.24 bits per heavy atom. The molecule has 1 aliphatic rings. The van der Waals surface area contributed by atoms with Crippen molar-refractivity contribution in [1.82, 2.24) is 0 Å². The Labute approximate surface area is 102 Å². The standard InChI is InChI=1S/C13H19N3O/c1-9-4-5-11(14)12(7-9)16-6-2-3-10(8-16)13(15)17/h4-5,7,10H,2-3,6,8,14H2,1H3,(H2,15,17). The molecule has 0 radical (unpaired) electrons. The van der Waals surface area contributed by atoms with E-state index in [2.05, 4.69) is 11.0 Å². The van der Waals surface area contributed by atoms with Crippen LogP contribution in [0.3, 0.4) is 0 Å². The van der Waals surface area contributed by atoms with Gasteiger partial charge in [0.1, 0.15) is 0 Å². The molecular weight excluding hydrogens is 214 g/mol. The van der Waals surface area contributed by atoms with Gasteiger partial charge >= 0.3 is 0 Å². The van der Waals surface area contributed by atoms with Crippen molar-refractivity contribution in [2.24, 2.45) is 11.7 Å². The number of piperidine rings is 1. The van der Waals surface area contributed by atoms with Gasteiger partial charge in [-0.05, 0) is 37.5 Å². The molecule has 4 heteroatoms. The lowest BCUT2D eigenvalue weighted by Gasteiger charge is -2.33. The molecule has 0 spiro atoms. The second-order valence-electron chi connectivity index (χ2n) is 4.75. The van der Waals surface area contributed by atoms with Crippen LogP contribution >= 0.6 is 0 Å². The normalized spacial score (nSPS) is 20.3. The Kier molecular flexibility index (Phi) is 3.22. The first-order valence-corrected chi connectivity index (χ1v) is 5.98. The predicted molar refractivity (Wildman–Crippen MR) is 69.7 cm³/mol. The minimum atomic E-state index is -0.207. The molecule has 1 fully saturated rings. The van der Waals surface area contributed by atoms with Gasteiger partial charge in [-0.2, -0.15) is 0 Å². The van der Waals surface area contributed by atoms with Gasteiger partial charge in [0.15, 0.2) is 0 Å². The molecule has 0 aliphatic carbocycles. The highest BCUT2D eigenvalue weighted by atomic mass is 16.1. The zero-order valence-electron chi connectivity index (χ0n) is 10.1. The number of hydrogen-bond acceptors (Lipinski definition) is 3. The van der Waals surface area contributed by atoms with Gasteiger partial charge in [-0.15, -0.1) is 0 Å². The molecule has 0 bridgehead atoms. The van der Waals surface area contributed by atoms with Crippen LogP contribution in [-0.2, 0) is 4.79 Å². The Bertz CT molecular complexity index is 431. The fourth-order valence-electron chi connectivity index (χ4n) is 2.36. The summed E-state index contributed by atoms with van der Waals surface area (Å²) in [4.78, 5) is 13.4. The first-order valence-electron chi connectivity index (χ1n) is 5.98. The van der Waals surface area contributed by atoms with Crippen molar-refractivity contribution in [3.63, 3.8) is 0 Å². The van der Waals surface area contributed by atoms with Gasteiger partial charge in [0, 0.05) is 13.1 Å². The third kappa shape index (κ3) is 2.52. The summed E-state index contributed by atoms with van der Waals surface area (Å²) in [5.41, 5.74) is 14.3. The quantitative estimate of drug-likeness (QED) is 0.756. The molecule has 1 aliphatic heterocycles. The Balaban J connectivity index is 2.21. The molecule has 1 atom stereocenters. The average molecular weight is 233 g/mol. The van der Waals surface area contributed by atoms with Gasteiger partial charge in [0.05, 0.1) is 17.3 Å². The zero-order valence-corrected chi connectivity index (χ0v) is 10.1. The number of carbonyl (C=O) groups is 1. The van der Waals surface area contributed by atoms with Crippen molar-refractivity contribution in [2.75, 3.05) is 23.7 Å². The van der Waals surface area contributed by atoms with E-state index in [9.17, 15) is 4.79 Å². The Morgan fingerprint density at radius 3 is 2.94 bits per heavy atom. The van der Waals surface area contributed by atoms with Crippen molar-refractivity contribution in [3.05, 3.63) is 23.8 Å². The summed E-state index contributed by atoms with van der Waals surface area (Å²) in [7, 11) is 0. The summed E-state index contributed by atoms with van der Waals surface area (Å²) in [5.74, 6) is -0.260. The molecule has 1 heterocycles. The molecule has 1 amide bonds. The van der Waals surface area contributed by atoms with Crippen LogP contribution in [0.5, 0.6) is 0 Å². The second kappa shape index (κ2) is 4.65. The Hall–Kier alpha value is -1.71. The van der Waals surface area contributed by atoms with E-state index in [1.54, 1.807) is 0 Å². The van der Waals surface area contributed by atoms with Crippen molar-refractivity contribution in [1.29, 1.82) is 0 Å². The van der Waals surface area contributed by atoms with Crippen LogP contribution in [0.15, 0.2) is 18.2 Å². The number of carbonyl (C=O) groups excluding carboxylic acids is 1. The third-order valence-electron chi connectivity index (χ3n) is 3.35. The van der Waals surface area contributed by atoms with Crippen LogP contribution in [0, 0.1) is 12.8 Å². The number of rotatable bonds is 2. The van der Waals surface area contributed by atoms with E-state index < -0.39 is 0 Å².